The number of carbonyl (C=O) groups is 1. The molecule has 0 spiro atoms. The van der Waals surface area contributed by atoms with Crippen molar-refractivity contribution in [2.24, 2.45) is 5.73 Å². The van der Waals surface area contributed by atoms with E-state index in [0.29, 0.717) is 12.1 Å². The lowest BCUT2D eigenvalue weighted by Crippen LogP contribution is -2.37. The van der Waals surface area contributed by atoms with Crippen molar-refractivity contribution < 1.29 is 9.90 Å². The van der Waals surface area contributed by atoms with Crippen molar-refractivity contribution in [3.05, 3.63) is 53.7 Å². The first-order valence-corrected chi connectivity index (χ1v) is 6.33. The number of aromatic hydroxyl groups is 1. The van der Waals surface area contributed by atoms with Crippen molar-refractivity contribution in [1.29, 1.82) is 0 Å². The molecule has 0 radical (unpaired) electrons. The third-order valence-corrected chi connectivity index (χ3v) is 2.89. The predicted octanol–water partition coefficient (Wildman–Crippen LogP) is 1.60. The number of anilines is 1. The first kappa shape index (κ1) is 14.0. The van der Waals surface area contributed by atoms with E-state index in [2.05, 4.69) is 10.3 Å². The molecule has 1 aromatic carbocycles. The Balaban J connectivity index is 2.02. The first-order chi connectivity index (χ1) is 9.56. The molecule has 0 aliphatic carbocycles. The Bertz CT molecular complexity index is 599. The Labute approximate surface area is 117 Å². The molecule has 2 aromatic rings. The molecule has 1 aromatic heterocycles. The number of aromatic nitrogens is 1. The third kappa shape index (κ3) is 3.55. The maximum atomic E-state index is 12.0. The van der Waals surface area contributed by atoms with Crippen LogP contribution in [0.4, 0.5) is 5.82 Å². The monoisotopic (exact) mass is 271 g/mol. The van der Waals surface area contributed by atoms with E-state index in [1.165, 1.54) is 6.07 Å². The molecule has 2 rings (SSSR count). The fourth-order valence-electron chi connectivity index (χ4n) is 1.81. The van der Waals surface area contributed by atoms with Crippen LogP contribution < -0.4 is 11.1 Å². The van der Waals surface area contributed by atoms with Crippen LogP contribution in [0.5, 0.6) is 5.75 Å². The summed E-state index contributed by atoms with van der Waals surface area (Å²) in [6.07, 6.45) is 0.430. The summed E-state index contributed by atoms with van der Waals surface area (Å²) in [4.78, 5) is 16.1. The van der Waals surface area contributed by atoms with Crippen LogP contribution >= 0.6 is 0 Å². The largest absolute Gasteiger partial charge is 0.504 e. The predicted molar refractivity (Wildman–Crippen MR) is 77.4 cm³/mol. The fraction of sp³-hybridized carbons (Fsp3) is 0.200. The fourth-order valence-corrected chi connectivity index (χ4v) is 1.81. The smallest absolute Gasteiger partial charge is 0.242 e. The number of aryl methyl sites for hydroxylation is 1. The Morgan fingerprint density at radius 2 is 2.00 bits per heavy atom. The maximum Gasteiger partial charge on any atom is 0.242 e. The molecular weight excluding hydrogens is 254 g/mol. The maximum absolute atomic E-state index is 12.0. The highest BCUT2D eigenvalue weighted by Gasteiger charge is 2.16. The average Bonchev–Trinajstić information content (AvgIpc) is 2.44. The Morgan fingerprint density at radius 3 is 2.70 bits per heavy atom. The summed E-state index contributed by atoms with van der Waals surface area (Å²) < 4.78 is 0. The second-order valence-electron chi connectivity index (χ2n) is 4.61. The van der Waals surface area contributed by atoms with Gasteiger partial charge in [0.05, 0.1) is 6.04 Å². The molecule has 1 heterocycles. The van der Waals surface area contributed by atoms with Gasteiger partial charge >= 0.3 is 0 Å². The summed E-state index contributed by atoms with van der Waals surface area (Å²) in [7, 11) is 0. The number of nitrogens with two attached hydrogens (primary N) is 1. The van der Waals surface area contributed by atoms with Gasteiger partial charge < -0.3 is 16.2 Å². The molecule has 0 saturated carbocycles. The van der Waals surface area contributed by atoms with E-state index in [1.807, 2.05) is 30.3 Å². The Kier molecular flexibility index (Phi) is 4.32. The topological polar surface area (TPSA) is 88.2 Å². The summed E-state index contributed by atoms with van der Waals surface area (Å²) in [5.74, 6) is -0.309. The molecule has 0 fully saturated rings. The van der Waals surface area contributed by atoms with Crippen molar-refractivity contribution in [3.63, 3.8) is 0 Å². The molecule has 0 aliphatic rings. The lowest BCUT2D eigenvalue weighted by molar-refractivity contribution is -0.117. The summed E-state index contributed by atoms with van der Waals surface area (Å²) in [5, 5.41) is 12.2. The number of rotatable bonds is 4. The van der Waals surface area contributed by atoms with Crippen LogP contribution in [-0.2, 0) is 11.2 Å². The van der Waals surface area contributed by atoms with Crippen LogP contribution in [0, 0.1) is 6.92 Å². The molecular formula is C15H17N3O2. The summed E-state index contributed by atoms with van der Waals surface area (Å²) in [6.45, 7) is 1.78. The van der Waals surface area contributed by atoms with E-state index in [-0.39, 0.29) is 17.5 Å². The Morgan fingerprint density at radius 1 is 1.30 bits per heavy atom. The van der Waals surface area contributed by atoms with Gasteiger partial charge in [0.1, 0.15) is 0 Å². The van der Waals surface area contributed by atoms with Crippen molar-refractivity contribution >= 4 is 11.7 Å². The molecule has 5 nitrogen and oxygen atoms in total. The van der Waals surface area contributed by atoms with E-state index >= 15 is 0 Å². The summed E-state index contributed by atoms with van der Waals surface area (Å²) in [5.41, 5.74) is 7.55. The van der Waals surface area contributed by atoms with Crippen molar-refractivity contribution in [3.8, 4) is 5.75 Å². The molecule has 0 bridgehead atoms. The highest BCUT2D eigenvalue weighted by Crippen LogP contribution is 2.20. The second-order valence-corrected chi connectivity index (χ2v) is 4.61. The van der Waals surface area contributed by atoms with Gasteiger partial charge in [-0.15, -0.1) is 0 Å². The number of nitrogens with zero attached hydrogens (tertiary/aromatic N) is 1. The normalized spacial score (nSPS) is 11.9. The van der Waals surface area contributed by atoms with Crippen molar-refractivity contribution in [2.75, 3.05) is 5.32 Å². The third-order valence-electron chi connectivity index (χ3n) is 2.89. The number of hydrogen-bond acceptors (Lipinski definition) is 4. The quantitative estimate of drug-likeness (QED) is 0.788. The van der Waals surface area contributed by atoms with Crippen LogP contribution in [0.25, 0.3) is 0 Å². The van der Waals surface area contributed by atoms with Gasteiger partial charge in [-0.05, 0) is 31.0 Å². The van der Waals surface area contributed by atoms with Gasteiger partial charge in [-0.2, -0.15) is 0 Å². The second kappa shape index (κ2) is 6.16. The molecule has 1 atom stereocenters. The minimum Gasteiger partial charge on any atom is -0.504 e. The van der Waals surface area contributed by atoms with Gasteiger partial charge in [0.25, 0.3) is 0 Å². The van der Waals surface area contributed by atoms with Gasteiger partial charge in [-0.1, -0.05) is 30.3 Å². The Hall–Kier alpha value is -2.40. The molecule has 20 heavy (non-hydrogen) atoms. The standard InChI is InChI=1S/C15H17N3O2/c1-10-7-8-13(19)14(17-10)18-15(20)12(16)9-11-5-3-2-4-6-11/h2-8,12,19H,9,16H2,1H3,(H,17,18,20)/t12-/m0/s1. The SMILES string of the molecule is Cc1ccc(O)c(NC(=O)[C@@H](N)Cc2ccccc2)n1. The van der Waals surface area contributed by atoms with E-state index in [0.717, 1.165) is 5.56 Å². The van der Waals surface area contributed by atoms with Gasteiger partial charge in [-0.3, -0.25) is 4.79 Å². The van der Waals surface area contributed by atoms with E-state index in [9.17, 15) is 9.90 Å². The summed E-state index contributed by atoms with van der Waals surface area (Å²) >= 11 is 0. The van der Waals surface area contributed by atoms with E-state index < -0.39 is 6.04 Å². The van der Waals surface area contributed by atoms with Crippen molar-refractivity contribution in [1.82, 2.24) is 4.98 Å². The number of carbonyl (C=O) groups excluding carboxylic acids is 1. The van der Waals surface area contributed by atoms with Gasteiger partial charge in [0.15, 0.2) is 11.6 Å². The highest BCUT2D eigenvalue weighted by atomic mass is 16.3. The van der Waals surface area contributed by atoms with Crippen LogP contribution in [0.2, 0.25) is 0 Å². The van der Waals surface area contributed by atoms with Crippen LogP contribution in [0.3, 0.4) is 0 Å². The highest BCUT2D eigenvalue weighted by molar-refractivity contribution is 5.95. The van der Waals surface area contributed by atoms with Crippen LogP contribution in [0.1, 0.15) is 11.3 Å². The van der Waals surface area contributed by atoms with Gasteiger partial charge in [-0.25, -0.2) is 4.98 Å². The van der Waals surface area contributed by atoms with Gasteiger partial charge in [0.2, 0.25) is 5.91 Å². The van der Waals surface area contributed by atoms with Crippen LogP contribution in [-0.4, -0.2) is 22.0 Å². The molecule has 1 amide bonds. The summed E-state index contributed by atoms with van der Waals surface area (Å²) in [6, 6.07) is 12.0. The number of benzene rings is 1. The zero-order chi connectivity index (χ0) is 14.5. The number of pyridine rings is 1. The first-order valence-electron chi connectivity index (χ1n) is 6.33. The minimum atomic E-state index is -0.695. The molecule has 104 valence electrons. The lowest BCUT2D eigenvalue weighted by atomic mass is 10.1. The minimum absolute atomic E-state index is 0.0733. The zero-order valence-electron chi connectivity index (χ0n) is 11.2. The van der Waals surface area contributed by atoms with Gasteiger partial charge in [0, 0.05) is 5.69 Å². The molecule has 0 saturated heterocycles. The molecule has 0 aliphatic heterocycles. The number of hydrogen-bond donors (Lipinski definition) is 3. The van der Waals surface area contributed by atoms with Crippen molar-refractivity contribution in [2.45, 2.75) is 19.4 Å². The zero-order valence-corrected chi connectivity index (χ0v) is 11.2. The van der Waals surface area contributed by atoms with Crippen LogP contribution in [0.15, 0.2) is 42.5 Å². The number of nitrogens with one attached hydrogen (secondary N) is 1. The molecule has 4 N–H and O–H groups in total. The molecule has 5 heteroatoms. The van der Waals surface area contributed by atoms with E-state index in [1.54, 1.807) is 13.0 Å². The molecule has 0 unspecified atom stereocenters. The average molecular weight is 271 g/mol. The lowest BCUT2D eigenvalue weighted by Gasteiger charge is -2.13. The van der Waals surface area contributed by atoms with E-state index in [4.69, 9.17) is 5.73 Å². The number of amides is 1.